The van der Waals surface area contributed by atoms with Gasteiger partial charge in [-0.25, -0.2) is 19.6 Å². The van der Waals surface area contributed by atoms with E-state index in [4.69, 9.17) is 19.4 Å². The van der Waals surface area contributed by atoms with Gasteiger partial charge in [0.25, 0.3) is 0 Å². The number of aryl methyl sites for hydroxylation is 2. The van der Waals surface area contributed by atoms with Crippen LogP contribution in [-0.2, 0) is 31.9 Å². The Hall–Kier alpha value is -5.04. The second-order valence-corrected chi connectivity index (χ2v) is 21.8. The predicted molar refractivity (Wildman–Crippen MR) is 284 cm³/mol. The number of imidazole rings is 2. The van der Waals surface area contributed by atoms with Crippen molar-refractivity contribution in [1.82, 2.24) is 40.4 Å². The maximum absolute atomic E-state index is 13.9. The average molecular weight is 1010 g/mol. The first kappa shape index (κ1) is 50.4. The molecule has 69 heavy (non-hydrogen) atoms. The Kier molecular flexibility index (Phi) is 17.0. The number of thioether (sulfide) groups is 4. The summed E-state index contributed by atoms with van der Waals surface area (Å²) in [6, 6.07) is 17.9. The molecule has 0 saturated carbocycles. The van der Waals surface area contributed by atoms with Crippen molar-refractivity contribution in [3.05, 3.63) is 101 Å². The van der Waals surface area contributed by atoms with E-state index in [0.717, 1.165) is 82.0 Å². The van der Waals surface area contributed by atoms with Gasteiger partial charge < -0.3 is 39.9 Å². The van der Waals surface area contributed by atoms with Crippen LogP contribution in [0.25, 0.3) is 38.8 Å². The average Bonchev–Trinajstić information content (AvgIpc) is 4.20. The molecule has 0 radical (unpaired) electrons. The number of aromatic amines is 2. The summed E-state index contributed by atoms with van der Waals surface area (Å²) in [5.74, 6) is 5.50. The van der Waals surface area contributed by atoms with Crippen molar-refractivity contribution < 1.29 is 28.7 Å². The van der Waals surface area contributed by atoms with Crippen molar-refractivity contribution in [3.8, 4) is 11.1 Å². The normalized spacial score (nSPS) is 20.6. The van der Waals surface area contributed by atoms with Gasteiger partial charge in [-0.1, -0.05) is 49.4 Å². The van der Waals surface area contributed by atoms with Crippen LogP contribution in [0.15, 0.2) is 72.3 Å². The van der Waals surface area contributed by atoms with E-state index in [-0.39, 0.29) is 23.9 Å². The highest BCUT2D eigenvalue weighted by Crippen LogP contribution is 2.37. The van der Waals surface area contributed by atoms with Gasteiger partial charge >= 0.3 is 12.2 Å². The van der Waals surface area contributed by atoms with E-state index < -0.39 is 24.3 Å². The molecule has 5 aromatic rings. The Morgan fingerprint density at radius 1 is 0.768 bits per heavy atom. The zero-order valence-electron chi connectivity index (χ0n) is 40.1. The van der Waals surface area contributed by atoms with Gasteiger partial charge in [0.05, 0.1) is 60.1 Å². The van der Waals surface area contributed by atoms with Crippen molar-refractivity contribution in [2.45, 2.75) is 76.5 Å². The van der Waals surface area contributed by atoms with E-state index in [1.807, 2.05) is 22.3 Å². The van der Waals surface area contributed by atoms with Crippen LogP contribution >= 0.6 is 47.0 Å². The summed E-state index contributed by atoms with van der Waals surface area (Å²) < 4.78 is 9.68. The van der Waals surface area contributed by atoms with E-state index in [1.54, 1.807) is 47.0 Å². The van der Waals surface area contributed by atoms with E-state index in [2.05, 4.69) is 101 Å². The fourth-order valence-corrected chi connectivity index (χ4v) is 12.5. The number of fused-ring (bicyclic) bond motifs is 10. The van der Waals surface area contributed by atoms with Crippen LogP contribution in [0.3, 0.4) is 0 Å². The molecule has 2 fully saturated rings. The molecular weight excluding hydrogens is 949 g/mol. The van der Waals surface area contributed by atoms with Crippen molar-refractivity contribution in [2.75, 3.05) is 61.5 Å². The molecule has 2 aliphatic heterocycles. The van der Waals surface area contributed by atoms with Gasteiger partial charge in [-0.15, -0.1) is 23.5 Å². The Morgan fingerprint density at radius 3 is 1.93 bits per heavy atom. The molecule has 18 heteroatoms. The lowest BCUT2D eigenvalue weighted by Gasteiger charge is -2.27. The number of H-pyrrole nitrogens is 2. The second-order valence-electron chi connectivity index (χ2n) is 17.8. The van der Waals surface area contributed by atoms with Gasteiger partial charge in [-0.05, 0) is 139 Å². The molecule has 2 aromatic heterocycles. The van der Waals surface area contributed by atoms with Gasteiger partial charge in [0.15, 0.2) is 0 Å². The highest BCUT2D eigenvalue weighted by Gasteiger charge is 2.38. The minimum absolute atomic E-state index is 0.129. The lowest BCUT2D eigenvalue weighted by atomic mass is 9.88. The monoisotopic (exact) mass is 1010 g/mol. The molecule has 14 nitrogen and oxygen atoms in total. The molecule has 5 atom stereocenters. The maximum Gasteiger partial charge on any atom is 0.407 e. The molecule has 3 aromatic carbocycles. The first-order valence-electron chi connectivity index (χ1n) is 23.4. The summed E-state index contributed by atoms with van der Waals surface area (Å²) in [5, 5.41) is 5.50. The summed E-state index contributed by atoms with van der Waals surface area (Å²) in [5.41, 5.74) is 12.0. The summed E-state index contributed by atoms with van der Waals surface area (Å²) >= 11 is 6.63. The van der Waals surface area contributed by atoms with E-state index in [0.29, 0.717) is 42.0 Å². The van der Waals surface area contributed by atoms with Crippen molar-refractivity contribution in [2.24, 2.45) is 5.92 Å². The van der Waals surface area contributed by atoms with Gasteiger partial charge in [0, 0.05) is 11.5 Å². The topological polar surface area (TPSA) is 175 Å². The molecule has 4 amide bonds. The van der Waals surface area contributed by atoms with Crippen LogP contribution in [0.4, 0.5) is 9.59 Å². The number of carbonyl (C=O) groups is 4. The van der Waals surface area contributed by atoms with Crippen LogP contribution in [0.5, 0.6) is 0 Å². The Morgan fingerprint density at radius 2 is 1.35 bits per heavy atom. The molecule has 4 aliphatic rings. The third-order valence-corrected chi connectivity index (χ3v) is 16.6. The van der Waals surface area contributed by atoms with Crippen LogP contribution in [-0.4, -0.2) is 127 Å². The minimum Gasteiger partial charge on any atom is -0.453 e. The maximum atomic E-state index is 13.9. The van der Waals surface area contributed by atoms with Gasteiger partial charge in [-0.3, -0.25) is 9.59 Å². The van der Waals surface area contributed by atoms with Crippen molar-refractivity contribution >= 4 is 98.7 Å². The molecule has 0 unspecified atom stereocenters. The number of hydrogen-bond donors (Lipinski definition) is 4. The third kappa shape index (κ3) is 11.8. The number of aromatic nitrogens is 4. The van der Waals surface area contributed by atoms with Crippen LogP contribution in [0, 0.1) is 5.92 Å². The number of rotatable bonds is 14. The lowest BCUT2D eigenvalue weighted by Crippen LogP contribution is -2.48. The summed E-state index contributed by atoms with van der Waals surface area (Å²) in [7, 11) is 2.62. The number of ether oxygens (including phenoxy) is 2. The second kappa shape index (κ2) is 23.3. The van der Waals surface area contributed by atoms with Gasteiger partial charge in [0.2, 0.25) is 11.8 Å². The fourth-order valence-electron chi connectivity index (χ4n) is 9.22. The number of nitrogens with one attached hydrogen (secondary N) is 4. The largest absolute Gasteiger partial charge is 0.453 e. The van der Waals surface area contributed by atoms with E-state index in [1.165, 1.54) is 42.1 Å². The number of nitrogens with zero attached hydrogens (tertiary/aromatic N) is 4. The van der Waals surface area contributed by atoms with Crippen LogP contribution in [0.1, 0.15) is 80.0 Å². The smallest absolute Gasteiger partial charge is 0.407 e. The highest BCUT2D eigenvalue weighted by molar-refractivity contribution is 7.99. The summed E-state index contributed by atoms with van der Waals surface area (Å²) in [6.07, 6.45) is 12.1. The standard InChI is InChI=1S/C51H62N8O6S4/c1-30-7-11-33(31(2)35-15-17-38-42(24-35)54-46(52-38)44-26-68-28-58(44)48(60)40(19-21-66-5)56-50(62)64-3)13-9-32-10-14-34(12-8-30)37(23-32)36-16-18-39-43(25-36)55-47(53-39)45-27-69-29-59(45)49(61)41(20-22-67-6)57-51(63)65-4/h7,10-11,14-18,23-25,30,40-41,44-45H,8-9,12-13,19-22,26-29H2,1-6H3,(H,52,54)(H,53,55)(H,56,62)(H,57,63)/b11-7-,33-31-/t30-,40-,41-,44-,45-/m0/s1. The van der Waals surface area contributed by atoms with Crippen molar-refractivity contribution in [1.29, 1.82) is 0 Å². The molecule has 4 N–H and O–H groups in total. The molecule has 2 saturated heterocycles. The Labute approximate surface area is 421 Å². The third-order valence-electron chi connectivity index (χ3n) is 13.3. The SMILES string of the molecule is COC(=O)N[C@@H](CCSC)C(=O)N1CSC[C@H]1c1nc2cc(/C(C)=C3/C=C\[C@H](C)CCc4ccc(cc4-c4ccc5[nH]c([C@@H]6CSCN6C(=O)[C@H](CCSC)NC(=O)OC)nc5c4)CC3)ccc2[nH]1. The lowest BCUT2D eigenvalue weighted by molar-refractivity contribution is -0.134. The highest BCUT2D eigenvalue weighted by atomic mass is 32.2. The molecule has 2 bridgehead atoms. The first-order chi connectivity index (χ1) is 33.5. The van der Waals surface area contributed by atoms with Crippen molar-refractivity contribution in [3.63, 3.8) is 0 Å². The number of methoxy groups -OCH3 is 2. The number of benzene rings is 3. The predicted octanol–water partition coefficient (Wildman–Crippen LogP) is 9.75. The fraction of sp³-hybridized carbons (Fsp3) is 0.451. The summed E-state index contributed by atoms with van der Waals surface area (Å²) in [4.78, 5) is 72.9. The molecule has 366 valence electrons. The summed E-state index contributed by atoms with van der Waals surface area (Å²) in [6.45, 7) is 4.49. The van der Waals surface area contributed by atoms with Gasteiger partial charge in [0.1, 0.15) is 23.7 Å². The number of allylic oxidation sites excluding steroid dienone is 4. The van der Waals surface area contributed by atoms with Crippen LogP contribution < -0.4 is 10.6 Å². The number of amides is 4. The Balaban J connectivity index is 1.01. The zero-order valence-corrected chi connectivity index (χ0v) is 43.4. The first-order valence-corrected chi connectivity index (χ1v) is 28.5. The zero-order chi connectivity index (χ0) is 48.6. The van der Waals surface area contributed by atoms with E-state index in [9.17, 15) is 19.2 Å². The Bertz CT molecular complexity index is 2740. The van der Waals surface area contributed by atoms with Crippen LogP contribution in [0.2, 0.25) is 0 Å². The number of carbonyl (C=O) groups excluding carboxylic acids is 4. The number of alkyl carbamates (subject to hydrolysis) is 2. The quantitative estimate of drug-likeness (QED) is 0.0831. The molecule has 2 aliphatic carbocycles. The minimum atomic E-state index is -0.676. The molecule has 0 spiro atoms. The molecule has 4 heterocycles. The number of hydrogen-bond acceptors (Lipinski definition) is 12. The molecular formula is C51H62N8O6S4. The van der Waals surface area contributed by atoms with E-state index >= 15 is 0 Å². The molecule has 9 rings (SSSR count). The van der Waals surface area contributed by atoms with Gasteiger partial charge in [-0.2, -0.15) is 23.5 Å².